The zero-order chi connectivity index (χ0) is 20.1. The summed E-state index contributed by atoms with van der Waals surface area (Å²) in [5.74, 6) is -1.98. The van der Waals surface area contributed by atoms with Crippen LogP contribution in [0, 0.1) is 11.6 Å². The largest absolute Gasteiger partial charge is 0.324 e. The third-order valence-electron chi connectivity index (χ3n) is 3.99. The van der Waals surface area contributed by atoms with Crippen LogP contribution >= 0.6 is 15.9 Å². The van der Waals surface area contributed by atoms with E-state index in [2.05, 4.69) is 26.3 Å². The quantitative estimate of drug-likeness (QED) is 0.609. The van der Waals surface area contributed by atoms with Crippen LogP contribution in [0.4, 0.5) is 14.5 Å². The van der Waals surface area contributed by atoms with Gasteiger partial charge in [-0.25, -0.2) is 13.5 Å². The van der Waals surface area contributed by atoms with Crippen molar-refractivity contribution in [2.24, 2.45) is 0 Å². The maximum absolute atomic E-state index is 13.6. The second-order valence-corrected chi connectivity index (χ2v) is 6.98. The number of rotatable bonds is 6. The third-order valence-corrected chi connectivity index (χ3v) is 4.51. The fourth-order valence-electron chi connectivity index (χ4n) is 2.58. The summed E-state index contributed by atoms with van der Waals surface area (Å²) in [7, 11) is 0. The minimum absolute atomic E-state index is 0.0629. The lowest BCUT2D eigenvalue weighted by molar-refractivity contribution is -0.116. The van der Waals surface area contributed by atoms with Crippen LogP contribution in [0.15, 0.2) is 63.9 Å². The summed E-state index contributed by atoms with van der Waals surface area (Å²) < 4.78 is 28.7. The van der Waals surface area contributed by atoms with E-state index in [1.807, 2.05) is 24.3 Å². The molecule has 5 nitrogen and oxygen atoms in total. The maximum Gasteiger partial charge on any atom is 0.266 e. The first-order valence-corrected chi connectivity index (χ1v) is 9.31. The van der Waals surface area contributed by atoms with E-state index in [1.165, 1.54) is 10.7 Å². The van der Waals surface area contributed by atoms with Crippen molar-refractivity contribution in [3.8, 4) is 11.3 Å². The molecule has 3 rings (SSSR count). The number of carbonyl (C=O) groups excluding carboxylic acids is 1. The molecule has 0 saturated heterocycles. The number of aromatic nitrogens is 2. The number of amides is 1. The topological polar surface area (TPSA) is 64.0 Å². The smallest absolute Gasteiger partial charge is 0.266 e. The Labute approximate surface area is 168 Å². The van der Waals surface area contributed by atoms with Crippen molar-refractivity contribution in [1.29, 1.82) is 0 Å². The van der Waals surface area contributed by atoms with Crippen molar-refractivity contribution in [2.75, 3.05) is 5.32 Å². The Bertz CT molecular complexity index is 1050. The molecule has 2 aromatic carbocycles. The van der Waals surface area contributed by atoms with Gasteiger partial charge in [0, 0.05) is 35.1 Å². The number of halogens is 3. The molecule has 28 heavy (non-hydrogen) atoms. The highest BCUT2D eigenvalue weighted by Crippen LogP contribution is 2.19. The Morgan fingerprint density at radius 2 is 1.82 bits per heavy atom. The van der Waals surface area contributed by atoms with Gasteiger partial charge in [0.15, 0.2) is 0 Å². The number of benzene rings is 2. The summed E-state index contributed by atoms with van der Waals surface area (Å²) in [5.41, 5.74) is 1.15. The molecule has 1 amide bonds. The van der Waals surface area contributed by atoms with Gasteiger partial charge in [-0.05, 0) is 36.8 Å². The molecule has 0 aliphatic rings. The molecular formula is C20H16BrF2N3O2. The van der Waals surface area contributed by atoms with E-state index in [0.717, 1.165) is 22.2 Å². The Balaban J connectivity index is 1.61. The predicted molar refractivity (Wildman–Crippen MR) is 106 cm³/mol. The van der Waals surface area contributed by atoms with Gasteiger partial charge < -0.3 is 5.32 Å². The van der Waals surface area contributed by atoms with E-state index in [-0.39, 0.29) is 24.2 Å². The van der Waals surface area contributed by atoms with Crippen molar-refractivity contribution in [3.05, 3.63) is 81.1 Å². The molecule has 8 heteroatoms. The van der Waals surface area contributed by atoms with Crippen LogP contribution in [-0.4, -0.2) is 15.7 Å². The summed E-state index contributed by atoms with van der Waals surface area (Å²) in [4.78, 5) is 24.0. The average molecular weight is 448 g/mol. The van der Waals surface area contributed by atoms with Crippen LogP contribution in [0.5, 0.6) is 0 Å². The van der Waals surface area contributed by atoms with E-state index in [1.54, 1.807) is 6.07 Å². The molecule has 0 spiro atoms. The Morgan fingerprint density at radius 3 is 2.54 bits per heavy atom. The van der Waals surface area contributed by atoms with Crippen molar-refractivity contribution in [1.82, 2.24) is 9.78 Å². The van der Waals surface area contributed by atoms with Crippen molar-refractivity contribution in [3.63, 3.8) is 0 Å². The second kappa shape index (κ2) is 8.88. The minimum atomic E-state index is -0.839. The molecule has 0 saturated carbocycles. The lowest BCUT2D eigenvalue weighted by Gasteiger charge is -2.08. The standard InChI is InChI=1S/C20H16BrF2N3O2/c21-14-5-3-13(4-6-14)17-9-10-20(28)26(25-17)11-1-2-19(27)24-18-8-7-15(22)12-16(18)23/h3-10,12H,1-2,11H2,(H,24,27). The molecule has 0 radical (unpaired) electrons. The molecular weight excluding hydrogens is 432 g/mol. The fraction of sp³-hybridized carbons (Fsp3) is 0.150. The Morgan fingerprint density at radius 1 is 1.07 bits per heavy atom. The van der Waals surface area contributed by atoms with E-state index < -0.39 is 17.5 Å². The highest BCUT2D eigenvalue weighted by Gasteiger charge is 2.09. The number of nitrogens with one attached hydrogen (secondary N) is 1. The number of nitrogens with zero attached hydrogens (tertiary/aromatic N) is 2. The summed E-state index contributed by atoms with van der Waals surface area (Å²) in [5, 5.41) is 6.72. The summed E-state index contributed by atoms with van der Waals surface area (Å²) in [6.07, 6.45) is 0.402. The zero-order valence-electron chi connectivity index (χ0n) is 14.7. The van der Waals surface area contributed by atoms with Crippen molar-refractivity contribution < 1.29 is 13.6 Å². The molecule has 3 aromatic rings. The lowest BCUT2D eigenvalue weighted by atomic mass is 10.1. The highest BCUT2D eigenvalue weighted by molar-refractivity contribution is 9.10. The molecule has 0 fully saturated rings. The molecule has 0 bridgehead atoms. The van der Waals surface area contributed by atoms with E-state index in [4.69, 9.17) is 0 Å². The molecule has 1 N–H and O–H groups in total. The second-order valence-electron chi connectivity index (χ2n) is 6.06. The summed E-state index contributed by atoms with van der Waals surface area (Å²) in [6, 6.07) is 13.5. The Hall–Kier alpha value is -2.87. The minimum Gasteiger partial charge on any atom is -0.324 e. The van der Waals surface area contributed by atoms with E-state index in [0.29, 0.717) is 18.2 Å². The van der Waals surface area contributed by atoms with Crippen molar-refractivity contribution in [2.45, 2.75) is 19.4 Å². The first-order valence-electron chi connectivity index (χ1n) is 8.51. The van der Waals surface area contributed by atoms with Gasteiger partial charge >= 0.3 is 0 Å². The molecule has 144 valence electrons. The van der Waals surface area contributed by atoms with Gasteiger partial charge in [0.2, 0.25) is 5.91 Å². The number of hydrogen-bond acceptors (Lipinski definition) is 3. The SMILES string of the molecule is O=C(CCCn1nc(-c2ccc(Br)cc2)ccc1=O)Nc1ccc(F)cc1F. The normalized spacial score (nSPS) is 10.7. The monoisotopic (exact) mass is 447 g/mol. The van der Waals surface area contributed by atoms with Crippen LogP contribution in [0.1, 0.15) is 12.8 Å². The van der Waals surface area contributed by atoms with Crippen molar-refractivity contribution >= 4 is 27.5 Å². The van der Waals surface area contributed by atoms with Gasteiger partial charge in [0.1, 0.15) is 11.6 Å². The zero-order valence-corrected chi connectivity index (χ0v) is 16.2. The van der Waals surface area contributed by atoms with Gasteiger partial charge in [0.05, 0.1) is 11.4 Å². The highest BCUT2D eigenvalue weighted by atomic mass is 79.9. The Kier molecular flexibility index (Phi) is 6.30. The molecule has 0 atom stereocenters. The fourth-order valence-corrected chi connectivity index (χ4v) is 2.84. The third kappa shape index (κ3) is 5.10. The molecule has 0 aliphatic heterocycles. The van der Waals surface area contributed by atoms with Crippen LogP contribution in [0.25, 0.3) is 11.3 Å². The number of anilines is 1. The van der Waals surface area contributed by atoms with E-state index >= 15 is 0 Å². The van der Waals surface area contributed by atoms with Gasteiger partial charge in [-0.1, -0.05) is 28.1 Å². The average Bonchev–Trinajstić information content (AvgIpc) is 2.66. The maximum atomic E-state index is 13.6. The van der Waals surface area contributed by atoms with Gasteiger partial charge in [-0.3, -0.25) is 9.59 Å². The van der Waals surface area contributed by atoms with Crippen LogP contribution in [0.2, 0.25) is 0 Å². The summed E-state index contributed by atoms with van der Waals surface area (Å²) in [6.45, 7) is 0.239. The summed E-state index contributed by atoms with van der Waals surface area (Å²) >= 11 is 3.37. The molecule has 0 aliphatic carbocycles. The van der Waals surface area contributed by atoms with Gasteiger partial charge in [-0.2, -0.15) is 5.10 Å². The van der Waals surface area contributed by atoms with Gasteiger partial charge in [0.25, 0.3) is 5.56 Å². The van der Waals surface area contributed by atoms with Crippen LogP contribution in [0.3, 0.4) is 0 Å². The van der Waals surface area contributed by atoms with Gasteiger partial charge in [-0.15, -0.1) is 0 Å². The predicted octanol–water partition coefficient (Wildman–Crippen LogP) is 4.37. The molecule has 0 unspecified atom stereocenters. The molecule has 1 heterocycles. The molecule has 1 aromatic heterocycles. The number of aryl methyl sites for hydroxylation is 1. The van der Waals surface area contributed by atoms with E-state index in [9.17, 15) is 18.4 Å². The van der Waals surface area contributed by atoms with Crippen LogP contribution in [-0.2, 0) is 11.3 Å². The number of hydrogen-bond donors (Lipinski definition) is 1. The first kappa shape index (κ1) is 19.9. The first-order chi connectivity index (χ1) is 13.4. The lowest BCUT2D eigenvalue weighted by Crippen LogP contribution is -2.23. The van der Waals surface area contributed by atoms with Crippen LogP contribution < -0.4 is 10.9 Å². The number of carbonyl (C=O) groups is 1.